The van der Waals surface area contributed by atoms with E-state index >= 15 is 0 Å². The van der Waals surface area contributed by atoms with Crippen LogP contribution in [0.25, 0.3) is 0 Å². The van der Waals surface area contributed by atoms with Gasteiger partial charge in [0.1, 0.15) is 0 Å². The van der Waals surface area contributed by atoms with Gasteiger partial charge in [0.15, 0.2) is 0 Å². The summed E-state index contributed by atoms with van der Waals surface area (Å²) in [5.41, 5.74) is 0. The lowest BCUT2D eigenvalue weighted by atomic mass is 10.1. The van der Waals surface area contributed by atoms with E-state index in [9.17, 15) is 0 Å². The first-order chi connectivity index (χ1) is 4.93. The van der Waals surface area contributed by atoms with Crippen LogP contribution in [0.5, 0.6) is 0 Å². The Hall–Kier alpha value is -0.0400. The summed E-state index contributed by atoms with van der Waals surface area (Å²) in [6.45, 7) is 3.22. The molecule has 0 saturated carbocycles. The van der Waals surface area contributed by atoms with Gasteiger partial charge in [0.05, 0.1) is 12.7 Å². The van der Waals surface area contributed by atoms with Crippen LogP contribution in [0.4, 0.5) is 0 Å². The molecule has 59 valence electrons. The summed E-state index contributed by atoms with van der Waals surface area (Å²) >= 11 is 0. The Morgan fingerprint density at radius 2 is 2.30 bits per heavy atom. The van der Waals surface area contributed by atoms with E-state index in [-0.39, 0.29) is 0 Å². The fourth-order valence-electron chi connectivity index (χ4n) is 1.10. The minimum absolute atomic E-state index is 0.640. The summed E-state index contributed by atoms with van der Waals surface area (Å²) in [6, 6.07) is 0. The van der Waals surface area contributed by atoms with Gasteiger partial charge in [0.25, 0.3) is 0 Å². The highest BCUT2D eigenvalue weighted by Gasteiger charge is 2.20. The Labute approximate surface area is 63.8 Å². The zero-order chi connectivity index (χ0) is 7.23. The van der Waals surface area contributed by atoms with Crippen molar-refractivity contribution in [1.82, 2.24) is 0 Å². The Balaban J connectivity index is 1.68. The number of ether oxygens (including phenoxy) is 1. The van der Waals surface area contributed by atoms with Gasteiger partial charge in [0, 0.05) is 0 Å². The molecule has 1 nitrogen and oxygen atoms in total. The molecule has 0 amide bonds. The van der Waals surface area contributed by atoms with Crippen molar-refractivity contribution in [3.05, 3.63) is 6.42 Å². The highest BCUT2D eigenvalue weighted by atomic mass is 16.6. The molecule has 1 fully saturated rings. The number of rotatable bonds is 6. The van der Waals surface area contributed by atoms with E-state index in [2.05, 4.69) is 13.3 Å². The van der Waals surface area contributed by atoms with Gasteiger partial charge in [-0.1, -0.05) is 32.6 Å². The summed E-state index contributed by atoms with van der Waals surface area (Å²) in [5.74, 6) is 0. The summed E-state index contributed by atoms with van der Waals surface area (Å²) in [7, 11) is 0. The van der Waals surface area contributed by atoms with Crippen LogP contribution in [-0.4, -0.2) is 12.7 Å². The molecule has 1 unspecified atom stereocenters. The topological polar surface area (TPSA) is 12.5 Å². The lowest BCUT2D eigenvalue weighted by Crippen LogP contribution is -1.85. The fraction of sp³-hybridized carbons (Fsp3) is 0.889. The van der Waals surface area contributed by atoms with E-state index in [0.717, 1.165) is 6.61 Å². The summed E-state index contributed by atoms with van der Waals surface area (Å²) < 4.78 is 5.10. The molecule has 1 rings (SSSR count). The third-order valence-corrected chi connectivity index (χ3v) is 1.88. The van der Waals surface area contributed by atoms with E-state index in [4.69, 9.17) is 4.74 Å². The quantitative estimate of drug-likeness (QED) is 0.409. The minimum atomic E-state index is 0.640. The maximum atomic E-state index is 5.10. The largest absolute Gasteiger partial charge is 0.373 e. The van der Waals surface area contributed by atoms with E-state index in [0.29, 0.717) is 6.10 Å². The third kappa shape index (κ3) is 3.89. The van der Waals surface area contributed by atoms with Crippen molar-refractivity contribution in [2.75, 3.05) is 6.61 Å². The monoisotopic (exact) mass is 141 g/mol. The molecule has 0 spiro atoms. The summed E-state index contributed by atoms with van der Waals surface area (Å²) in [5, 5.41) is 0. The molecule has 0 aromatic heterocycles. The lowest BCUT2D eigenvalue weighted by molar-refractivity contribution is 0.389. The van der Waals surface area contributed by atoms with Gasteiger partial charge in [-0.25, -0.2) is 0 Å². The molecule has 1 aliphatic rings. The van der Waals surface area contributed by atoms with E-state index < -0.39 is 0 Å². The van der Waals surface area contributed by atoms with Crippen LogP contribution < -0.4 is 0 Å². The van der Waals surface area contributed by atoms with Crippen LogP contribution in [0.3, 0.4) is 0 Å². The van der Waals surface area contributed by atoms with Crippen LogP contribution in [0.15, 0.2) is 0 Å². The molecule has 0 aromatic carbocycles. The zero-order valence-corrected chi connectivity index (χ0v) is 6.81. The molecule has 1 heterocycles. The first-order valence-corrected chi connectivity index (χ1v) is 4.36. The molecule has 1 atom stereocenters. The number of epoxide rings is 1. The van der Waals surface area contributed by atoms with Crippen molar-refractivity contribution < 1.29 is 4.74 Å². The van der Waals surface area contributed by atoms with Crippen molar-refractivity contribution in [1.29, 1.82) is 0 Å². The molecule has 1 radical (unpaired) electrons. The van der Waals surface area contributed by atoms with Gasteiger partial charge < -0.3 is 4.74 Å². The number of hydrogen-bond donors (Lipinski definition) is 0. The van der Waals surface area contributed by atoms with Crippen molar-refractivity contribution in [2.24, 2.45) is 0 Å². The van der Waals surface area contributed by atoms with Crippen molar-refractivity contribution in [3.63, 3.8) is 0 Å². The standard InChI is InChI=1S/C9H17O/c1-2-3-4-5-6-7-9-8-10-9/h3,9H,2,4-8H2,1H3. The zero-order valence-electron chi connectivity index (χ0n) is 6.81. The highest BCUT2D eigenvalue weighted by molar-refractivity contribution is 4.69. The molecular formula is C9H17O. The molecule has 0 N–H and O–H groups in total. The molecular weight excluding hydrogens is 124 g/mol. The summed E-state index contributed by atoms with van der Waals surface area (Å²) in [4.78, 5) is 0. The summed E-state index contributed by atoms with van der Waals surface area (Å²) in [6.07, 6.45) is 9.50. The average Bonchev–Trinajstić information content (AvgIpc) is 2.71. The Kier molecular flexibility index (Phi) is 3.81. The highest BCUT2D eigenvalue weighted by Crippen LogP contribution is 2.17. The third-order valence-electron chi connectivity index (χ3n) is 1.88. The van der Waals surface area contributed by atoms with Crippen LogP contribution in [0, 0.1) is 6.42 Å². The van der Waals surface area contributed by atoms with E-state index in [1.807, 2.05) is 0 Å². The van der Waals surface area contributed by atoms with Crippen LogP contribution >= 0.6 is 0 Å². The van der Waals surface area contributed by atoms with Gasteiger partial charge in [-0.2, -0.15) is 0 Å². The SMILES string of the molecule is CC[CH]CCCCC1CO1. The smallest absolute Gasteiger partial charge is 0.0810 e. The second-order valence-corrected chi connectivity index (χ2v) is 2.94. The molecule has 1 heteroatoms. The molecule has 10 heavy (non-hydrogen) atoms. The number of hydrogen-bond acceptors (Lipinski definition) is 1. The van der Waals surface area contributed by atoms with Gasteiger partial charge in [-0.05, 0) is 12.8 Å². The number of unbranched alkanes of at least 4 members (excludes halogenated alkanes) is 4. The molecule has 1 saturated heterocycles. The maximum Gasteiger partial charge on any atom is 0.0810 e. The first-order valence-electron chi connectivity index (χ1n) is 4.36. The molecule has 0 aliphatic carbocycles. The van der Waals surface area contributed by atoms with Gasteiger partial charge in [-0.3, -0.25) is 0 Å². The molecule has 0 bridgehead atoms. The molecule has 1 aliphatic heterocycles. The predicted octanol–water partition coefficient (Wildman–Crippen LogP) is 2.56. The van der Waals surface area contributed by atoms with Crippen molar-refractivity contribution >= 4 is 0 Å². The predicted molar refractivity (Wildman–Crippen MR) is 42.8 cm³/mol. The fourth-order valence-corrected chi connectivity index (χ4v) is 1.10. The first kappa shape index (κ1) is 8.06. The molecule has 0 aromatic rings. The van der Waals surface area contributed by atoms with Gasteiger partial charge >= 0.3 is 0 Å². The Bertz CT molecular complexity index is 76.8. The normalized spacial score (nSPS) is 23.1. The lowest BCUT2D eigenvalue weighted by Gasteiger charge is -1.95. The van der Waals surface area contributed by atoms with E-state index in [1.54, 1.807) is 0 Å². The van der Waals surface area contributed by atoms with Gasteiger partial charge in [0.2, 0.25) is 0 Å². The van der Waals surface area contributed by atoms with Crippen LogP contribution in [0.1, 0.15) is 39.0 Å². The van der Waals surface area contributed by atoms with E-state index in [1.165, 1.54) is 32.1 Å². The van der Waals surface area contributed by atoms with Crippen molar-refractivity contribution in [2.45, 2.75) is 45.1 Å². The Morgan fingerprint density at radius 3 is 2.90 bits per heavy atom. The Morgan fingerprint density at radius 1 is 1.50 bits per heavy atom. The minimum Gasteiger partial charge on any atom is -0.373 e. The van der Waals surface area contributed by atoms with Crippen LogP contribution in [0.2, 0.25) is 0 Å². The van der Waals surface area contributed by atoms with Gasteiger partial charge in [-0.15, -0.1) is 0 Å². The average molecular weight is 141 g/mol. The maximum absolute atomic E-state index is 5.10. The van der Waals surface area contributed by atoms with Crippen molar-refractivity contribution in [3.8, 4) is 0 Å². The van der Waals surface area contributed by atoms with Crippen LogP contribution in [-0.2, 0) is 4.74 Å². The second-order valence-electron chi connectivity index (χ2n) is 2.94. The second kappa shape index (κ2) is 4.73.